The fourth-order valence-electron chi connectivity index (χ4n) is 6.63. The summed E-state index contributed by atoms with van der Waals surface area (Å²) < 4.78 is 16.6. The van der Waals surface area contributed by atoms with Crippen LogP contribution in [0.2, 0.25) is 0 Å². The van der Waals surface area contributed by atoms with Gasteiger partial charge in [-0.3, -0.25) is 14.4 Å². The molecular weight excluding hydrogens is 709 g/mol. The highest BCUT2D eigenvalue weighted by Gasteiger charge is 2.19. The summed E-state index contributed by atoms with van der Waals surface area (Å²) in [4.78, 5) is 37.5. The Hall–Kier alpha value is -2.63. The molecule has 0 aliphatic rings. The Kier molecular flexibility index (Phi) is 43.9. The van der Waals surface area contributed by atoms with Gasteiger partial charge in [-0.05, 0) is 77.0 Å². The van der Waals surface area contributed by atoms with Crippen LogP contribution in [0.5, 0.6) is 0 Å². The topological polar surface area (TPSA) is 78.9 Å². The molecule has 0 amide bonds. The van der Waals surface area contributed by atoms with Crippen LogP contribution in [0.3, 0.4) is 0 Å². The molecule has 6 heteroatoms. The molecule has 0 N–H and O–H groups in total. The number of rotatable bonds is 43. The first-order valence-corrected chi connectivity index (χ1v) is 24.1. The number of hydrogen-bond acceptors (Lipinski definition) is 6. The van der Waals surface area contributed by atoms with Crippen LogP contribution < -0.4 is 0 Å². The number of unbranched alkanes of at least 4 members (excludes halogenated alkanes) is 24. The molecule has 0 aromatic heterocycles. The summed E-state index contributed by atoms with van der Waals surface area (Å²) in [5.41, 5.74) is 0. The molecule has 6 nitrogen and oxygen atoms in total. The third-order valence-corrected chi connectivity index (χ3v) is 10.3. The minimum absolute atomic E-state index is 0.0810. The van der Waals surface area contributed by atoms with Gasteiger partial charge in [0.05, 0.1) is 0 Å². The molecule has 1 unspecified atom stereocenters. The van der Waals surface area contributed by atoms with Crippen molar-refractivity contribution in [3.63, 3.8) is 0 Å². The SMILES string of the molecule is CCC/C=C\C/C=C\CCCCCCCC(=O)OC(COC(=O)CCCCCCC)COC(=O)CCCCCCCCCCC/C=C\C/C=C\CCCCCCC. The first-order valence-electron chi connectivity index (χ1n) is 24.1. The van der Waals surface area contributed by atoms with Crippen LogP contribution in [-0.2, 0) is 28.6 Å². The number of carbonyl (C=O) groups excluding carboxylic acids is 3. The Morgan fingerprint density at radius 3 is 1.04 bits per heavy atom. The van der Waals surface area contributed by atoms with Crippen LogP contribution >= 0.6 is 0 Å². The summed E-state index contributed by atoms with van der Waals surface area (Å²) >= 11 is 0. The van der Waals surface area contributed by atoms with E-state index in [2.05, 4.69) is 69.4 Å². The molecule has 0 saturated heterocycles. The summed E-state index contributed by atoms with van der Waals surface area (Å²) in [6.07, 6.45) is 54.1. The highest BCUT2D eigenvalue weighted by molar-refractivity contribution is 5.71. The second kappa shape index (κ2) is 46.1. The smallest absolute Gasteiger partial charge is 0.306 e. The maximum atomic E-state index is 12.7. The predicted octanol–water partition coefficient (Wildman–Crippen LogP) is 15.5. The normalized spacial score (nSPS) is 12.4. The first kappa shape index (κ1) is 54.4. The molecule has 0 aliphatic carbocycles. The van der Waals surface area contributed by atoms with E-state index in [9.17, 15) is 14.4 Å². The van der Waals surface area contributed by atoms with Gasteiger partial charge in [0, 0.05) is 19.3 Å². The Balaban J connectivity index is 4.16. The van der Waals surface area contributed by atoms with Gasteiger partial charge in [-0.15, -0.1) is 0 Å². The molecule has 0 aromatic rings. The number of hydrogen-bond donors (Lipinski definition) is 0. The van der Waals surface area contributed by atoms with Crippen LogP contribution in [0.25, 0.3) is 0 Å². The van der Waals surface area contributed by atoms with Crippen molar-refractivity contribution in [1.82, 2.24) is 0 Å². The van der Waals surface area contributed by atoms with Crippen molar-refractivity contribution in [3.05, 3.63) is 48.6 Å². The Morgan fingerprint density at radius 2 is 0.667 bits per heavy atom. The van der Waals surface area contributed by atoms with E-state index in [0.717, 1.165) is 103 Å². The molecule has 0 spiro atoms. The van der Waals surface area contributed by atoms with E-state index in [1.54, 1.807) is 0 Å². The minimum atomic E-state index is -0.776. The third-order valence-electron chi connectivity index (χ3n) is 10.3. The average molecular weight is 799 g/mol. The van der Waals surface area contributed by atoms with E-state index in [-0.39, 0.29) is 31.1 Å². The molecule has 0 heterocycles. The summed E-state index contributed by atoms with van der Waals surface area (Å²) in [5, 5.41) is 0. The van der Waals surface area contributed by atoms with Gasteiger partial charge in [-0.2, -0.15) is 0 Å². The molecule has 0 saturated carbocycles. The zero-order chi connectivity index (χ0) is 41.5. The zero-order valence-corrected chi connectivity index (χ0v) is 37.6. The molecule has 0 bridgehead atoms. The van der Waals surface area contributed by atoms with Gasteiger partial charge in [0.2, 0.25) is 0 Å². The molecule has 0 fully saturated rings. The summed E-state index contributed by atoms with van der Waals surface area (Å²) in [5.74, 6) is -0.912. The number of esters is 3. The van der Waals surface area contributed by atoms with Crippen molar-refractivity contribution < 1.29 is 28.6 Å². The third kappa shape index (κ3) is 44.3. The molecular formula is C51H90O6. The minimum Gasteiger partial charge on any atom is -0.462 e. The molecule has 0 aliphatic heterocycles. The van der Waals surface area contributed by atoms with Crippen molar-refractivity contribution in [2.45, 2.75) is 245 Å². The lowest BCUT2D eigenvalue weighted by molar-refractivity contribution is -0.167. The molecule has 57 heavy (non-hydrogen) atoms. The van der Waals surface area contributed by atoms with Gasteiger partial charge in [0.15, 0.2) is 6.10 Å². The van der Waals surface area contributed by atoms with Gasteiger partial charge >= 0.3 is 17.9 Å². The first-order chi connectivity index (χ1) is 28.0. The van der Waals surface area contributed by atoms with E-state index >= 15 is 0 Å². The van der Waals surface area contributed by atoms with Crippen LogP contribution in [0, 0.1) is 0 Å². The van der Waals surface area contributed by atoms with Crippen molar-refractivity contribution in [2.24, 2.45) is 0 Å². The van der Waals surface area contributed by atoms with Gasteiger partial charge in [0.25, 0.3) is 0 Å². The van der Waals surface area contributed by atoms with Crippen molar-refractivity contribution >= 4 is 17.9 Å². The van der Waals surface area contributed by atoms with E-state index < -0.39 is 6.10 Å². The lowest BCUT2D eigenvalue weighted by Crippen LogP contribution is -2.30. The van der Waals surface area contributed by atoms with Crippen molar-refractivity contribution in [3.8, 4) is 0 Å². The number of carbonyl (C=O) groups is 3. The second-order valence-corrected chi connectivity index (χ2v) is 16.0. The number of allylic oxidation sites excluding steroid dienone is 8. The Morgan fingerprint density at radius 1 is 0.351 bits per heavy atom. The highest BCUT2D eigenvalue weighted by Crippen LogP contribution is 2.14. The van der Waals surface area contributed by atoms with Gasteiger partial charge in [0.1, 0.15) is 13.2 Å². The Bertz CT molecular complexity index is 1010. The second-order valence-electron chi connectivity index (χ2n) is 16.0. The van der Waals surface area contributed by atoms with Crippen LogP contribution in [0.15, 0.2) is 48.6 Å². The molecule has 0 radical (unpaired) electrons. The summed E-state index contributed by atoms with van der Waals surface area (Å²) in [7, 11) is 0. The van der Waals surface area contributed by atoms with Gasteiger partial charge < -0.3 is 14.2 Å². The molecule has 0 rings (SSSR count). The van der Waals surface area contributed by atoms with E-state index in [0.29, 0.717) is 19.3 Å². The van der Waals surface area contributed by atoms with Gasteiger partial charge in [-0.1, -0.05) is 191 Å². The van der Waals surface area contributed by atoms with E-state index in [1.807, 2.05) is 0 Å². The molecule has 330 valence electrons. The zero-order valence-electron chi connectivity index (χ0n) is 37.6. The highest BCUT2D eigenvalue weighted by atomic mass is 16.6. The quantitative estimate of drug-likeness (QED) is 0.0265. The van der Waals surface area contributed by atoms with E-state index in [4.69, 9.17) is 14.2 Å². The number of ether oxygens (including phenoxy) is 3. The summed E-state index contributed by atoms with van der Waals surface area (Å²) in [6, 6.07) is 0. The average Bonchev–Trinajstić information content (AvgIpc) is 3.21. The lowest BCUT2D eigenvalue weighted by Gasteiger charge is -2.18. The van der Waals surface area contributed by atoms with Gasteiger partial charge in [-0.25, -0.2) is 0 Å². The monoisotopic (exact) mass is 799 g/mol. The Labute approximate surface area is 352 Å². The maximum absolute atomic E-state index is 12.7. The van der Waals surface area contributed by atoms with E-state index in [1.165, 1.54) is 96.3 Å². The largest absolute Gasteiger partial charge is 0.462 e. The van der Waals surface area contributed by atoms with Crippen LogP contribution in [0.4, 0.5) is 0 Å². The summed E-state index contributed by atoms with van der Waals surface area (Å²) in [6.45, 7) is 6.46. The van der Waals surface area contributed by atoms with Crippen LogP contribution in [0.1, 0.15) is 239 Å². The maximum Gasteiger partial charge on any atom is 0.306 e. The van der Waals surface area contributed by atoms with Crippen molar-refractivity contribution in [2.75, 3.05) is 13.2 Å². The molecule has 0 aromatic carbocycles. The molecule has 1 atom stereocenters. The standard InChI is InChI=1S/C51H90O6/c1-4-7-10-13-15-17-19-21-22-23-24-25-26-27-28-30-31-33-35-38-41-44-50(53)56-47-48(46-55-49(52)43-40-37-12-9-6-3)57-51(54)45-42-39-36-34-32-29-20-18-16-14-11-8-5-2/h11,14,18-21,23-24,48H,4-10,12-13,15-17,22,25-47H2,1-3H3/b14-11-,20-18-,21-19-,24-23-. The predicted molar refractivity (Wildman–Crippen MR) is 242 cm³/mol. The lowest BCUT2D eigenvalue weighted by atomic mass is 10.1. The fourth-order valence-corrected chi connectivity index (χ4v) is 6.63. The van der Waals surface area contributed by atoms with Crippen LogP contribution in [-0.4, -0.2) is 37.2 Å². The fraction of sp³-hybridized carbons (Fsp3) is 0.784. The van der Waals surface area contributed by atoms with Crippen molar-refractivity contribution in [1.29, 1.82) is 0 Å².